The molecule has 0 unspecified atom stereocenters. The molecule has 1 heterocycles. The first kappa shape index (κ1) is 19.7. The first-order valence-electron chi connectivity index (χ1n) is 9.95. The molecule has 0 radical (unpaired) electrons. The Morgan fingerprint density at radius 3 is 2.41 bits per heavy atom. The predicted molar refractivity (Wildman–Crippen MR) is 104 cm³/mol. The fraction of sp³-hybridized carbons (Fsp3) is 0.619. The van der Waals surface area contributed by atoms with Gasteiger partial charge in [-0.3, -0.25) is 14.5 Å². The van der Waals surface area contributed by atoms with Crippen LogP contribution in [-0.4, -0.2) is 49.0 Å². The number of nitrogens with zero attached hydrogens (tertiary/aromatic N) is 1. The number of benzene rings is 1. The minimum absolute atomic E-state index is 0.0158. The minimum atomic E-state index is 0.0158. The smallest absolute Gasteiger partial charge is 0.221 e. The van der Waals surface area contributed by atoms with Crippen LogP contribution in [0, 0.1) is 5.92 Å². The monoisotopic (exact) mass is 373 g/mol. The van der Waals surface area contributed by atoms with Gasteiger partial charge in [-0.1, -0.05) is 12.1 Å². The van der Waals surface area contributed by atoms with Crippen molar-refractivity contribution in [1.82, 2.24) is 15.5 Å². The van der Waals surface area contributed by atoms with Gasteiger partial charge in [0.05, 0.1) is 7.11 Å². The number of rotatable bonds is 9. The van der Waals surface area contributed by atoms with E-state index in [1.807, 2.05) is 24.3 Å². The van der Waals surface area contributed by atoms with E-state index < -0.39 is 0 Å². The SMILES string of the molecule is COc1ccc(CNC(=O)C[C@H]2CC[C@@H](CNC(C)=O)N2CC2CC2)cc1. The fourth-order valence-electron chi connectivity index (χ4n) is 3.84. The number of carbonyl (C=O) groups is 2. The average Bonchev–Trinajstić information content (AvgIpc) is 3.41. The van der Waals surface area contributed by atoms with Gasteiger partial charge in [-0.05, 0) is 49.3 Å². The van der Waals surface area contributed by atoms with Crippen LogP contribution in [0.1, 0.15) is 44.6 Å². The van der Waals surface area contributed by atoms with Crippen molar-refractivity contribution in [2.45, 2.75) is 57.7 Å². The molecule has 1 aromatic carbocycles. The highest BCUT2D eigenvalue weighted by Gasteiger charge is 2.37. The van der Waals surface area contributed by atoms with Crippen LogP contribution < -0.4 is 15.4 Å². The van der Waals surface area contributed by atoms with Crippen molar-refractivity contribution in [2.75, 3.05) is 20.2 Å². The van der Waals surface area contributed by atoms with E-state index in [9.17, 15) is 9.59 Å². The number of ether oxygens (including phenoxy) is 1. The van der Waals surface area contributed by atoms with Crippen LogP contribution in [0.4, 0.5) is 0 Å². The molecule has 2 aliphatic rings. The van der Waals surface area contributed by atoms with E-state index in [1.54, 1.807) is 14.0 Å². The first-order chi connectivity index (χ1) is 13.0. The van der Waals surface area contributed by atoms with Gasteiger partial charge in [-0.2, -0.15) is 0 Å². The highest BCUT2D eigenvalue weighted by Crippen LogP contribution is 2.35. The third-order valence-electron chi connectivity index (χ3n) is 5.59. The van der Waals surface area contributed by atoms with Crippen LogP contribution in [0.3, 0.4) is 0 Å². The Bertz CT molecular complexity index is 643. The van der Waals surface area contributed by atoms with Gasteiger partial charge < -0.3 is 15.4 Å². The summed E-state index contributed by atoms with van der Waals surface area (Å²) in [6, 6.07) is 8.38. The number of hydrogen-bond acceptors (Lipinski definition) is 4. The van der Waals surface area contributed by atoms with E-state index in [0.29, 0.717) is 25.6 Å². The summed E-state index contributed by atoms with van der Waals surface area (Å²) < 4.78 is 5.16. The van der Waals surface area contributed by atoms with Gasteiger partial charge in [0.15, 0.2) is 0 Å². The summed E-state index contributed by atoms with van der Waals surface area (Å²) in [4.78, 5) is 26.2. The fourth-order valence-corrected chi connectivity index (χ4v) is 3.84. The topological polar surface area (TPSA) is 70.7 Å². The molecule has 3 rings (SSSR count). The lowest BCUT2D eigenvalue weighted by Crippen LogP contribution is -2.45. The van der Waals surface area contributed by atoms with Gasteiger partial charge >= 0.3 is 0 Å². The molecule has 27 heavy (non-hydrogen) atoms. The molecule has 0 spiro atoms. The molecule has 6 heteroatoms. The molecule has 2 N–H and O–H groups in total. The van der Waals surface area contributed by atoms with E-state index in [1.165, 1.54) is 12.8 Å². The van der Waals surface area contributed by atoms with Gasteiger partial charge in [0.2, 0.25) is 11.8 Å². The molecule has 1 aliphatic heterocycles. The Kier molecular flexibility index (Phi) is 6.72. The van der Waals surface area contributed by atoms with Crippen molar-refractivity contribution < 1.29 is 14.3 Å². The highest BCUT2D eigenvalue weighted by molar-refractivity contribution is 5.76. The zero-order valence-electron chi connectivity index (χ0n) is 16.4. The van der Waals surface area contributed by atoms with Crippen molar-refractivity contribution in [3.05, 3.63) is 29.8 Å². The van der Waals surface area contributed by atoms with E-state index in [-0.39, 0.29) is 17.9 Å². The third-order valence-corrected chi connectivity index (χ3v) is 5.59. The van der Waals surface area contributed by atoms with Crippen LogP contribution in [0.5, 0.6) is 5.75 Å². The molecule has 1 aliphatic carbocycles. The lowest BCUT2D eigenvalue weighted by molar-refractivity contribution is -0.122. The maximum Gasteiger partial charge on any atom is 0.221 e. The Morgan fingerprint density at radius 1 is 1.07 bits per heavy atom. The van der Waals surface area contributed by atoms with Crippen LogP contribution in [0.2, 0.25) is 0 Å². The second kappa shape index (κ2) is 9.22. The quantitative estimate of drug-likeness (QED) is 0.695. The molecule has 1 saturated carbocycles. The van der Waals surface area contributed by atoms with Gasteiger partial charge in [0.1, 0.15) is 5.75 Å². The van der Waals surface area contributed by atoms with E-state index in [2.05, 4.69) is 15.5 Å². The number of likely N-dealkylation sites (tertiary alicyclic amines) is 1. The largest absolute Gasteiger partial charge is 0.497 e. The lowest BCUT2D eigenvalue weighted by atomic mass is 10.1. The molecule has 0 bridgehead atoms. The Balaban J connectivity index is 1.49. The molecule has 1 aromatic rings. The molecular weight excluding hydrogens is 342 g/mol. The summed E-state index contributed by atoms with van der Waals surface area (Å²) in [5.74, 6) is 1.70. The third kappa shape index (κ3) is 5.96. The summed E-state index contributed by atoms with van der Waals surface area (Å²) >= 11 is 0. The standard InChI is InChI=1S/C21H31N3O3/c1-15(25)22-13-19-8-7-18(24(19)14-17-3-4-17)11-21(26)23-12-16-5-9-20(27-2)10-6-16/h5-6,9-10,17-19H,3-4,7-8,11-14H2,1-2H3,(H,22,25)(H,23,26)/t18-,19+/m1/s1. The van der Waals surface area contributed by atoms with Crippen LogP contribution in [-0.2, 0) is 16.1 Å². The number of nitrogens with one attached hydrogen (secondary N) is 2. The van der Waals surface area contributed by atoms with Crippen molar-refractivity contribution in [3.63, 3.8) is 0 Å². The molecule has 2 amide bonds. The maximum absolute atomic E-state index is 12.5. The lowest BCUT2D eigenvalue weighted by Gasteiger charge is -2.30. The molecule has 0 aromatic heterocycles. The van der Waals surface area contributed by atoms with Gasteiger partial charge in [0.25, 0.3) is 0 Å². The number of methoxy groups -OCH3 is 1. The van der Waals surface area contributed by atoms with Crippen LogP contribution in [0.25, 0.3) is 0 Å². The normalized spacial score (nSPS) is 22.4. The van der Waals surface area contributed by atoms with Crippen molar-refractivity contribution >= 4 is 11.8 Å². The predicted octanol–water partition coefficient (Wildman–Crippen LogP) is 2.08. The summed E-state index contributed by atoms with van der Waals surface area (Å²) in [6.45, 7) is 3.84. The van der Waals surface area contributed by atoms with Crippen LogP contribution >= 0.6 is 0 Å². The van der Waals surface area contributed by atoms with Gasteiger partial charge in [-0.15, -0.1) is 0 Å². The number of carbonyl (C=O) groups excluding carboxylic acids is 2. The Labute approximate surface area is 161 Å². The summed E-state index contributed by atoms with van der Waals surface area (Å²) in [5.41, 5.74) is 1.06. The average molecular weight is 373 g/mol. The van der Waals surface area contributed by atoms with Crippen molar-refractivity contribution in [1.29, 1.82) is 0 Å². The second-order valence-electron chi connectivity index (χ2n) is 7.79. The zero-order valence-corrected chi connectivity index (χ0v) is 16.4. The van der Waals surface area contributed by atoms with E-state index in [4.69, 9.17) is 4.74 Å². The summed E-state index contributed by atoms with van der Waals surface area (Å²) in [5, 5.41) is 5.99. The van der Waals surface area contributed by atoms with Gasteiger partial charge in [0, 0.05) is 45.1 Å². The highest BCUT2D eigenvalue weighted by atomic mass is 16.5. The molecular formula is C21H31N3O3. The van der Waals surface area contributed by atoms with Crippen molar-refractivity contribution in [3.8, 4) is 5.75 Å². The van der Waals surface area contributed by atoms with Crippen molar-refractivity contribution in [2.24, 2.45) is 5.92 Å². The van der Waals surface area contributed by atoms with E-state index >= 15 is 0 Å². The Morgan fingerprint density at radius 2 is 1.78 bits per heavy atom. The summed E-state index contributed by atoms with van der Waals surface area (Å²) in [6.07, 6.45) is 5.18. The molecule has 148 valence electrons. The maximum atomic E-state index is 12.5. The minimum Gasteiger partial charge on any atom is -0.497 e. The molecule has 2 fully saturated rings. The van der Waals surface area contributed by atoms with Gasteiger partial charge in [-0.25, -0.2) is 0 Å². The second-order valence-corrected chi connectivity index (χ2v) is 7.79. The number of hydrogen-bond donors (Lipinski definition) is 2. The Hall–Kier alpha value is -2.08. The van der Waals surface area contributed by atoms with E-state index in [0.717, 1.165) is 36.6 Å². The summed E-state index contributed by atoms with van der Waals surface area (Å²) in [7, 11) is 1.64. The van der Waals surface area contributed by atoms with Crippen LogP contribution in [0.15, 0.2) is 24.3 Å². The zero-order chi connectivity index (χ0) is 19.2. The molecule has 6 nitrogen and oxygen atoms in total. The first-order valence-corrected chi connectivity index (χ1v) is 9.95. The molecule has 2 atom stereocenters. The number of amides is 2. The molecule has 1 saturated heterocycles.